The molecule has 1 aromatic rings. The Labute approximate surface area is 97.2 Å². The van der Waals surface area contributed by atoms with E-state index in [1.54, 1.807) is 0 Å². The number of nitrogens with two attached hydrogens (primary N) is 1. The van der Waals surface area contributed by atoms with E-state index in [4.69, 9.17) is 10.5 Å². The maximum absolute atomic E-state index is 11.7. The van der Waals surface area contributed by atoms with Crippen LogP contribution in [0.3, 0.4) is 0 Å². The zero-order valence-corrected chi connectivity index (χ0v) is 9.63. The Bertz CT molecular complexity index is 362. The van der Waals surface area contributed by atoms with Crippen LogP contribution in [-0.4, -0.2) is 35.4 Å². The Morgan fingerprint density at radius 1 is 1.62 bits per heavy atom. The van der Waals surface area contributed by atoms with E-state index in [1.165, 1.54) is 11.3 Å². The molecular weight excluding hydrogens is 228 g/mol. The Kier molecular flexibility index (Phi) is 3.81. The van der Waals surface area contributed by atoms with Crippen LogP contribution in [0.5, 0.6) is 0 Å². The fourth-order valence-corrected chi connectivity index (χ4v) is 2.26. The maximum Gasteiger partial charge on any atom is 0.255 e. The quantitative estimate of drug-likeness (QED) is 0.784. The van der Waals surface area contributed by atoms with Gasteiger partial charge < -0.3 is 10.5 Å². The van der Waals surface area contributed by atoms with Crippen LogP contribution in [0.1, 0.15) is 17.8 Å². The van der Waals surface area contributed by atoms with Crippen LogP contribution < -0.4 is 11.1 Å². The summed E-state index contributed by atoms with van der Waals surface area (Å²) in [5.74, 6) is -0.132. The molecule has 0 spiro atoms. The fraction of sp³-hybridized carbons (Fsp3) is 0.667. The molecule has 6 nitrogen and oxygen atoms in total. The first-order valence-corrected chi connectivity index (χ1v) is 6.06. The van der Waals surface area contributed by atoms with Gasteiger partial charge in [0.1, 0.15) is 11.1 Å². The number of nitrogens with zero attached hydrogens (tertiary/aromatic N) is 2. The van der Waals surface area contributed by atoms with Gasteiger partial charge in [0.2, 0.25) is 5.13 Å². The van der Waals surface area contributed by atoms with Gasteiger partial charge in [0.25, 0.3) is 5.91 Å². The summed E-state index contributed by atoms with van der Waals surface area (Å²) >= 11 is 1.35. The van der Waals surface area contributed by atoms with Gasteiger partial charge in [0.05, 0.1) is 0 Å². The fourth-order valence-electron chi connectivity index (χ4n) is 1.50. The van der Waals surface area contributed by atoms with E-state index < -0.39 is 0 Å². The van der Waals surface area contributed by atoms with Gasteiger partial charge in [0.15, 0.2) is 0 Å². The number of anilines is 1. The van der Waals surface area contributed by atoms with Crippen molar-refractivity contribution in [2.75, 3.05) is 18.5 Å². The molecule has 1 aliphatic heterocycles. The van der Waals surface area contributed by atoms with E-state index in [-0.39, 0.29) is 12.0 Å². The number of aromatic nitrogens is 2. The topological polar surface area (TPSA) is 90.1 Å². The lowest BCUT2D eigenvalue weighted by Gasteiger charge is -2.06. The molecule has 2 rings (SSSR count). The summed E-state index contributed by atoms with van der Waals surface area (Å²) < 4.78 is 5.27. The summed E-state index contributed by atoms with van der Waals surface area (Å²) in [6.07, 6.45) is 2.07. The molecule has 1 amide bonds. The lowest BCUT2D eigenvalue weighted by molar-refractivity contribution is -0.124. The molecule has 2 heterocycles. The number of hydrogen-bond acceptors (Lipinski definition) is 6. The van der Waals surface area contributed by atoms with Crippen LogP contribution in [0.25, 0.3) is 0 Å². The molecule has 16 heavy (non-hydrogen) atoms. The van der Waals surface area contributed by atoms with Gasteiger partial charge in [0, 0.05) is 13.0 Å². The molecule has 0 aromatic carbocycles. The molecule has 1 fully saturated rings. The van der Waals surface area contributed by atoms with Gasteiger partial charge in [-0.25, -0.2) is 0 Å². The Hall–Kier alpha value is -1.05. The molecular formula is C9H14N4O2S. The van der Waals surface area contributed by atoms with Gasteiger partial charge >= 0.3 is 0 Å². The first-order valence-electron chi connectivity index (χ1n) is 5.24. The normalized spacial score (nSPS) is 19.9. The molecule has 1 saturated heterocycles. The third-order valence-electron chi connectivity index (χ3n) is 2.28. The highest BCUT2D eigenvalue weighted by molar-refractivity contribution is 7.15. The number of amides is 1. The standard InChI is InChI=1S/C9H14N4O2S/c10-4-3-7-12-13-9(16-7)11-8(14)6-2-1-5-15-6/h6H,1-5,10H2,(H,11,13,14). The lowest BCUT2D eigenvalue weighted by Crippen LogP contribution is -2.26. The predicted molar refractivity (Wildman–Crippen MR) is 60.3 cm³/mol. The molecule has 3 N–H and O–H groups in total. The number of carbonyl (C=O) groups is 1. The SMILES string of the molecule is NCCc1nnc(NC(=O)C2CCCO2)s1. The Morgan fingerprint density at radius 2 is 2.50 bits per heavy atom. The number of nitrogens with one attached hydrogen (secondary N) is 1. The van der Waals surface area contributed by atoms with Gasteiger partial charge in [-0.3, -0.25) is 10.1 Å². The Balaban J connectivity index is 1.89. The van der Waals surface area contributed by atoms with Crippen molar-refractivity contribution >= 4 is 22.4 Å². The van der Waals surface area contributed by atoms with Crippen molar-refractivity contribution in [2.45, 2.75) is 25.4 Å². The van der Waals surface area contributed by atoms with Crippen LogP contribution in [0.15, 0.2) is 0 Å². The minimum atomic E-state index is -0.332. The van der Waals surface area contributed by atoms with E-state index in [9.17, 15) is 4.79 Å². The molecule has 0 aliphatic carbocycles. The highest BCUT2D eigenvalue weighted by Crippen LogP contribution is 2.18. The minimum Gasteiger partial charge on any atom is -0.368 e. The second-order valence-electron chi connectivity index (χ2n) is 3.53. The van der Waals surface area contributed by atoms with Crippen molar-refractivity contribution in [3.63, 3.8) is 0 Å². The summed E-state index contributed by atoms with van der Waals surface area (Å²) in [7, 11) is 0. The largest absolute Gasteiger partial charge is 0.368 e. The van der Waals surface area contributed by atoms with E-state index in [0.717, 1.165) is 17.8 Å². The molecule has 0 saturated carbocycles. The van der Waals surface area contributed by atoms with E-state index in [0.29, 0.717) is 24.7 Å². The summed E-state index contributed by atoms with van der Waals surface area (Å²) in [5.41, 5.74) is 5.40. The number of rotatable bonds is 4. The van der Waals surface area contributed by atoms with Crippen molar-refractivity contribution in [2.24, 2.45) is 5.73 Å². The first kappa shape index (κ1) is 11.4. The average Bonchev–Trinajstić information content (AvgIpc) is 2.89. The molecule has 1 aromatic heterocycles. The number of carbonyl (C=O) groups excluding carboxylic acids is 1. The first-order chi connectivity index (χ1) is 7.79. The Morgan fingerprint density at radius 3 is 3.19 bits per heavy atom. The summed E-state index contributed by atoms with van der Waals surface area (Å²) in [5, 5.41) is 11.8. The van der Waals surface area contributed by atoms with E-state index >= 15 is 0 Å². The molecule has 0 bridgehead atoms. The highest BCUT2D eigenvalue weighted by atomic mass is 32.1. The van der Waals surface area contributed by atoms with Crippen LogP contribution in [0.2, 0.25) is 0 Å². The van der Waals surface area contributed by atoms with E-state index in [2.05, 4.69) is 15.5 Å². The summed E-state index contributed by atoms with van der Waals surface area (Å²) in [4.78, 5) is 11.7. The number of hydrogen-bond donors (Lipinski definition) is 2. The molecule has 0 radical (unpaired) electrons. The van der Waals surface area contributed by atoms with Gasteiger partial charge in [-0.05, 0) is 19.4 Å². The van der Waals surface area contributed by atoms with Crippen LogP contribution >= 0.6 is 11.3 Å². The molecule has 7 heteroatoms. The second kappa shape index (κ2) is 5.33. The van der Waals surface area contributed by atoms with Crippen LogP contribution in [0, 0.1) is 0 Å². The van der Waals surface area contributed by atoms with Crippen molar-refractivity contribution < 1.29 is 9.53 Å². The maximum atomic E-state index is 11.7. The molecule has 88 valence electrons. The van der Waals surface area contributed by atoms with Crippen LogP contribution in [-0.2, 0) is 16.0 Å². The number of ether oxygens (including phenoxy) is 1. The van der Waals surface area contributed by atoms with Crippen molar-refractivity contribution in [1.29, 1.82) is 0 Å². The highest BCUT2D eigenvalue weighted by Gasteiger charge is 2.24. The molecule has 1 aliphatic rings. The predicted octanol–water partition coefficient (Wildman–Crippen LogP) is 0.157. The second-order valence-corrected chi connectivity index (χ2v) is 4.59. The molecule has 1 unspecified atom stereocenters. The lowest BCUT2D eigenvalue weighted by atomic mass is 10.2. The van der Waals surface area contributed by atoms with E-state index in [1.807, 2.05) is 0 Å². The van der Waals surface area contributed by atoms with Gasteiger partial charge in [-0.2, -0.15) is 0 Å². The smallest absolute Gasteiger partial charge is 0.255 e. The van der Waals surface area contributed by atoms with Crippen molar-refractivity contribution in [3.8, 4) is 0 Å². The monoisotopic (exact) mass is 242 g/mol. The van der Waals surface area contributed by atoms with Crippen molar-refractivity contribution in [1.82, 2.24) is 10.2 Å². The van der Waals surface area contributed by atoms with Crippen LogP contribution in [0.4, 0.5) is 5.13 Å². The summed E-state index contributed by atoms with van der Waals surface area (Å²) in [6, 6.07) is 0. The third-order valence-corrected chi connectivity index (χ3v) is 3.18. The van der Waals surface area contributed by atoms with Crippen molar-refractivity contribution in [3.05, 3.63) is 5.01 Å². The molecule has 1 atom stereocenters. The average molecular weight is 242 g/mol. The van der Waals surface area contributed by atoms with Gasteiger partial charge in [-0.1, -0.05) is 11.3 Å². The zero-order valence-electron chi connectivity index (χ0n) is 8.81. The van der Waals surface area contributed by atoms with Gasteiger partial charge in [-0.15, -0.1) is 10.2 Å². The zero-order chi connectivity index (χ0) is 11.4. The summed E-state index contributed by atoms with van der Waals surface area (Å²) in [6.45, 7) is 1.20. The minimum absolute atomic E-state index is 0.132. The third kappa shape index (κ3) is 2.75.